The predicted octanol–water partition coefficient (Wildman–Crippen LogP) is 2.74. The van der Waals surface area contributed by atoms with Crippen LogP contribution >= 0.6 is 0 Å². The molecule has 1 aromatic carbocycles. The molecule has 0 spiro atoms. The van der Waals surface area contributed by atoms with Gasteiger partial charge in [0.25, 0.3) is 5.91 Å². The summed E-state index contributed by atoms with van der Waals surface area (Å²) in [4.78, 5) is 19.4. The van der Waals surface area contributed by atoms with Crippen LogP contribution in [0.5, 0.6) is 0 Å². The van der Waals surface area contributed by atoms with Gasteiger partial charge in [-0.05, 0) is 24.6 Å². The van der Waals surface area contributed by atoms with E-state index in [4.69, 9.17) is 0 Å². The molecule has 0 atom stereocenters. The molecule has 0 aliphatic rings. The number of aliphatic hydroxyl groups excluding tert-OH is 1. The summed E-state index contributed by atoms with van der Waals surface area (Å²) in [5, 5.41) is 12.2. The van der Waals surface area contributed by atoms with E-state index < -0.39 is 38.8 Å². The van der Waals surface area contributed by atoms with E-state index in [1.54, 1.807) is 13.1 Å². The second kappa shape index (κ2) is 8.13. The summed E-state index contributed by atoms with van der Waals surface area (Å²) >= 11 is 0. The SMILES string of the molecule is CCCS(=O)(=O)Nc1ccc(F)c(C(=O)Nc2cnc3[nH]cc(CO)c3c2)c1F. The van der Waals surface area contributed by atoms with Crippen LogP contribution in [-0.4, -0.2) is 35.2 Å². The van der Waals surface area contributed by atoms with E-state index in [0.29, 0.717) is 23.0 Å². The minimum atomic E-state index is -3.83. The number of halogens is 2. The molecule has 29 heavy (non-hydrogen) atoms. The van der Waals surface area contributed by atoms with Gasteiger partial charge in [-0.1, -0.05) is 6.92 Å². The number of nitrogens with zero attached hydrogens (tertiary/aromatic N) is 1. The lowest BCUT2D eigenvalue weighted by atomic mass is 10.1. The fourth-order valence-electron chi connectivity index (χ4n) is 2.78. The number of H-pyrrole nitrogens is 1. The molecule has 0 aliphatic heterocycles. The predicted molar refractivity (Wildman–Crippen MR) is 104 cm³/mol. The monoisotopic (exact) mass is 424 g/mol. The second-order valence-corrected chi connectivity index (χ2v) is 8.09. The van der Waals surface area contributed by atoms with Crippen molar-refractivity contribution in [1.82, 2.24) is 9.97 Å². The lowest BCUT2D eigenvalue weighted by molar-refractivity contribution is 0.101. The van der Waals surface area contributed by atoms with Crippen molar-refractivity contribution in [2.24, 2.45) is 0 Å². The van der Waals surface area contributed by atoms with Crippen LogP contribution in [-0.2, 0) is 16.6 Å². The number of hydrogen-bond donors (Lipinski definition) is 4. The van der Waals surface area contributed by atoms with Gasteiger partial charge in [-0.3, -0.25) is 9.52 Å². The molecule has 8 nitrogen and oxygen atoms in total. The van der Waals surface area contributed by atoms with Gasteiger partial charge in [0.1, 0.15) is 17.0 Å². The number of carbonyl (C=O) groups is 1. The number of carbonyl (C=O) groups excluding carboxylic acids is 1. The van der Waals surface area contributed by atoms with Gasteiger partial charge in [0.05, 0.1) is 29.9 Å². The zero-order valence-corrected chi connectivity index (χ0v) is 16.1. The molecule has 0 saturated carbocycles. The van der Waals surface area contributed by atoms with Gasteiger partial charge >= 0.3 is 0 Å². The number of pyridine rings is 1. The van der Waals surface area contributed by atoms with Gasteiger partial charge in [0.2, 0.25) is 10.0 Å². The smallest absolute Gasteiger partial charge is 0.261 e. The normalized spacial score (nSPS) is 11.6. The molecule has 0 fully saturated rings. The molecule has 154 valence electrons. The summed E-state index contributed by atoms with van der Waals surface area (Å²) in [5.74, 6) is -3.83. The van der Waals surface area contributed by atoms with Crippen LogP contribution in [0.15, 0.2) is 30.6 Å². The highest BCUT2D eigenvalue weighted by molar-refractivity contribution is 7.92. The number of aromatic nitrogens is 2. The highest BCUT2D eigenvalue weighted by atomic mass is 32.2. The molecule has 2 aromatic heterocycles. The standard InChI is InChI=1S/C18H18F2N4O4S/c1-2-5-29(27,28)24-14-4-3-13(19)15(16(14)20)18(26)23-11-6-12-10(9-25)7-21-17(12)22-8-11/h3-4,6-8,24-25H,2,5,9H2,1H3,(H,21,22)(H,23,26). The molecule has 1 amide bonds. The summed E-state index contributed by atoms with van der Waals surface area (Å²) in [6.45, 7) is 1.37. The summed E-state index contributed by atoms with van der Waals surface area (Å²) in [6, 6.07) is 3.21. The highest BCUT2D eigenvalue weighted by Crippen LogP contribution is 2.25. The Balaban J connectivity index is 1.92. The summed E-state index contributed by atoms with van der Waals surface area (Å²) < 4.78 is 54.6. The minimum Gasteiger partial charge on any atom is -0.392 e. The Morgan fingerprint density at radius 2 is 2.07 bits per heavy atom. The fraction of sp³-hybridized carbons (Fsp3) is 0.222. The fourth-order valence-corrected chi connectivity index (χ4v) is 3.91. The number of aromatic amines is 1. The molecular formula is C18H18F2N4O4S. The van der Waals surface area contributed by atoms with Crippen LogP contribution in [0, 0.1) is 11.6 Å². The number of aliphatic hydroxyl groups is 1. The molecule has 0 radical (unpaired) electrons. The highest BCUT2D eigenvalue weighted by Gasteiger charge is 2.23. The van der Waals surface area contributed by atoms with Gasteiger partial charge < -0.3 is 15.4 Å². The maximum Gasteiger partial charge on any atom is 0.261 e. The quantitative estimate of drug-likeness (QED) is 0.464. The molecule has 3 rings (SSSR count). The summed E-state index contributed by atoms with van der Waals surface area (Å²) in [7, 11) is -3.83. The van der Waals surface area contributed by atoms with Crippen molar-refractivity contribution >= 4 is 38.3 Å². The minimum absolute atomic E-state index is 0.146. The first-order valence-corrected chi connectivity index (χ1v) is 10.3. The molecule has 2 heterocycles. The van der Waals surface area contributed by atoms with Crippen LogP contribution in [0.3, 0.4) is 0 Å². The second-order valence-electron chi connectivity index (χ2n) is 6.25. The van der Waals surface area contributed by atoms with Gasteiger partial charge in [-0.15, -0.1) is 0 Å². The van der Waals surface area contributed by atoms with Crippen LogP contribution in [0.4, 0.5) is 20.2 Å². The largest absolute Gasteiger partial charge is 0.392 e. The molecule has 0 bridgehead atoms. The van der Waals surface area contributed by atoms with Crippen LogP contribution in [0.2, 0.25) is 0 Å². The van der Waals surface area contributed by atoms with Crippen LogP contribution in [0.1, 0.15) is 29.3 Å². The van der Waals surface area contributed by atoms with Gasteiger partial charge in [0, 0.05) is 17.1 Å². The first-order valence-electron chi connectivity index (χ1n) is 8.62. The Morgan fingerprint density at radius 1 is 1.31 bits per heavy atom. The summed E-state index contributed by atoms with van der Waals surface area (Å²) in [6.07, 6.45) is 3.13. The number of rotatable bonds is 7. The number of hydrogen-bond acceptors (Lipinski definition) is 5. The first-order chi connectivity index (χ1) is 13.8. The molecule has 0 aliphatic carbocycles. The van der Waals surface area contributed by atoms with Crippen molar-refractivity contribution in [2.75, 3.05) is 15.8 Å². The zero-order chi connectivity index (χ0) is 21.2. The molecular weight excluding hydrogens is 406 g/mol. The summed E-state index contributed by atoms with van der Waals surface area (Å²) in [5.41, 5.74) is -0.303. The van der Waals surface area contributed by atoms with E-state index in [1.807, 2.05) is 4.72 Å². The lowest BCUT2D eigenvalue weighted by Gasteiger charge is -2.12. The van der Waals surface area contributed by atoms with Crippen molar-refractivity contribution < 1.29 is 27.1 Å². The third-order valence-electron chi connectivity index (χ3n) is 4.10. The number of nitrogens with one attached hydrogen (secondary N) is 3. The Kier molecular flexibility index (Phi) is 5.80. The Labute approximate surface area is 165 Å². The molecule has 4 N–H and O–H groups in total. The zero-order valence-electron chi connectivity index (χ0n) is 15.3. The van der Waals surface area contributed by atoms with Gasteiger partial charge in [0.15, 0.2) is 5.82 Å². The molecule has 0 unspecified atom stereocenters. The van der Waals surface area contributed by atoms with Crippen molar-refractivity contribution in [3.05, 3.63) is 53.4 Å². The van der Waals surface area contributed by atoms with E-state index in [2.05, 4.69) is 15.3 Å². The van der Waals surface area contributed by atoms with E-state index >= 15 is 0 Å². The maximum absolute atomic E-state index is 14.7. The average Bonchev–Trinajstić information content (AvgIpc) is 3.06. The van der Waals surface area contributed by atoms with E-state index in [1.165, 1.54) is 12.3 Å². The average molecular weight is 424 g/mol. The van der Waals surface area contributed by atoms with Gasteiger partial charge in [-0.25, -0.2) is 22.2 Å². The lowest BCUT2D eigenvalue weighted by Crippen LogP contribution is -2.20. The molecule has 0 saturated heterocycles. The number of sulfonamides is 1. The number of benzene rings is 1. The topological polar surface area (TPSA) is 124 Å². The van der Waals surface area contributed by atoms with Gasteiger partial charge in [-0.2, -0.15) is 0 Å². The van der Waals surface area contributed by atoms with Crippen molar-refractivity contribution in [1.29, 1.82) is 0 Å². The molecule has 11 heteroatoms. The Hall–Kier alpha value is -3.05. The number of fused-ring (bicyclic) bond motifs is 1. The number of anilines is 2. The van der Waals surface area contributed by atoms with Crippen molar-refractivity contribution in [2.45, 2.75) is 20.0 Å². The Bertz CT molecular complexity index is 1180. The number of amides is 1. The third kappa shape index (κ3) is 4.35. The first kappa shape index (κ1) is 20.7. The third-order valence-corrected chi connectivity index (χ3v) is 5.58. The molecule has 3 aromatic rings. The van der Waals surface area contributed by atoms with Crippen molar-refractivity contribution in [3.8, 4) is 0 Å². The van der Waals surface area contributed by atoms with E-state index in [0.717, 1.165) is 12.1 Å². The van der Waals surface area contributed by atoms with E-state index in [9.17, 15) is 27.1 Å². The van der Waals surface area contributed by atoms with Crippen LogP contribution < -0.4 is 10.0 Å². The van der Waals surface area contributed by atoms with Crippen LogP contribution in [0.25, 0.3) is 11.0 Å². The maximum atomic E-state index is 14.7. The Morgan fingerprint density at radius 3 is 2.76 bits per heavy atom. The van der Waals surface area contributed by atoms with E-state index in [-0.39, 0.29) is 18.0 Å². The van der Waals surface area contributed by atoms with Crippen molar-refractivity contribution in [3.63, 3.8) is 0 Å².